The molecule has 4 aromatic heterocycles. The standard InChI is InChI=1S/C17H12Cl2N8OS/c1-8-11-5-13(14(28)22-17-24-23-16-20-7-21-27(16)17)29-15(11)26(25-8)6-9-2-3-10(18)4-12(9)19/h2-5,7H,6H2,1H3,(H,20,21,23)(H,22,24,28). The van der Waals surface area contributed by atoms with E-state index in [1.54, 1.807) is 12.1 Å². The van der Waals surface area contributed by atoms with E-state index in [-0.39, 0.29) is 11.9 Å². The third-order valence-electron chi connectivity index (χ3n) is 4.40. The van der Waals surface area contributed by atoms with Gasteiger partial charge in [0, 0.05) is 15.4 Å². The van der Waals surface area contributed by atoms with Crippen LogP contribution in [-0.4, -0.2) is 40.5 Å². The number of carbonyl (C=O) groups is 1. The Kier molecular flexibility index (Phi) is 4.26. The molecule has 0 saturated heterocycles. The highest BCUT2D eigenvalue weighted by Gasteiger charge is 2.19. The lowest BCUT2D eigenvalue weighted by molar-refractivity contribution is 0.102. The summed E-state index contributed by atoms with van der Waals surface area (Å²) in [6.45, 7) is 2.38. The molecular formula is C17H12Cl2N8OS. The molecule has 0 aliphatic carbocycles. The minimum Gasteiger partial charge on any atom is -0.288 e. The second-order valence-electron chi connectivity index (χ2n) is 6.31. The summed E-state index contributed by atoms with van der Waals surface area (Å²) in [6, 6.07) is 7.19. The molecule has 0 unspecified atom stereocenters. The maximum atomic E-state index is 12.7. The number of fused-ring (bicyclic) bond motifs is 2. The van der Waals surface area contributed by atoms with Crippen molar-refractivity contribution in [3.8, 4) is 0 Å². The van der Waals surface area contributed by atoms with Gasteiger partial charge in [-0.05, 0) is 30.7 Å². The van der Waals surface area contributed by atoms with Crippen LogP contribution in [0.2, 0.25) is 10.0 Å². The van der Waals surface area contributed by atoms with Gasteiger partial charge in [0.05, 0.1) is 17.1 Å². The van der Waals surface area contributed by atoms with E-state index >= 15 is 0 Å². The first-order chi connectivity index (χ1) is 14.0. The van der Waals surface area contributed by atoms with Gasteiger partial charge >= 0.3 is 0 Å². The molecule has 0 radical (unpaired) electrons. The Balaban J connectivity index is 1.46. The molecule has 0 bridgehead atoms. The van der Waals surface area contributed by atoms with Gasteiger partial charge in [-0.3, -0.25) is 19.9 Å². The highest BCUT2D eigenvalue weighted by Crippen LogP contribution is 2.30. The summed E-state index contributed by atoms with van der Waals surface area (Å²) in [5, 5.41) is 20.0. The molecule has 2 N–H and O–H groups in total. The van der Waals surface area contributed by atoms with Crippen molar-refractivity contribution in [3.63, 3.8) is 0 Å². The van der Waals surface area contributed by atoms with Gasteiger partial charge < -0.3 is 0 Å². The van der Waals surface area contributed by atoms with Crippen molar-refractivity contribution in [1.82, 2.24) is 34.6 Å². The summed E-state index contributed by atoms with van der Waals surface area (Å²) in [5.41, 5.74) is 1.73. The molecule has 4 heterocycles. The van der Waals surface area contributed by atoms with Crippen LogP contribution in [0.25, 0.3) is 16.0 Å². The van der Waals surface area contributed by atoms with Gasteiger partial charge in [0.2, 0.25) is 0 Å². The van der Waals surface area contributed by atoms with Crippen molar-refractivity contribution in [2.45, 2.75) is 13.5 Å². The largest absolute Gasteiger partial charge is 0.288 e. The molecule has 0 spiro atoms. The number of halogens is 2. The van der Waals surface area contributed by atoms with Crippen molar-refractivity contribution < 1.29 is 4.79 Å². The van der Waals surface area contributed by atoms with Crippen molar-refractivity contribution >= 4 is 62.4 Å². The minimum atomic E-state index is -0.287. The Morgan fingerprint density at radius 1 is 1.28 bits per heavy atom. The fourth-order valence-electron chi connectivity index (χ4n) is 3.01. The van der Waals surface area contributed by atoms with Crippen LogP contribution in [0.3, 0.4) is 0 Å². The normalized spacial score (nSPS) is 11.6. The quantitative estimate of drug-likeness (QED) is 0.436. The summed E-state index contributed by atoms with van der Waals surface area (Å²) >= 11 is 13.6. The Labute approximate surface area is 177 Å². The number of nitrogens with zero attached hydrogens (tertiary/aromatic N) is 6. The molecule has 1 aromatic carbocycles. The first-order valence-electron chi connectivity index (χ1n) is 8.46. The molecule has 0 saturated carbocycles. The lowest BCUT2D eigenvalue weighted by Crippen LogP contribution is -2.13. The summed E-state index contributed by atoms with van der Waals surface area (Å²) in [6.07, 6.45) is 1.47. The second-order valence-corrected chi connectivity index (χ2v) is 8.18. The highest BCUT2D eigenvalue weighted by molar-refractivity contribution is 7.20. The number of amides is 1. The first-order valence-corrected chi connectivity index (χ1v) is 10.0. The number of aromatic nitrogens is 7. The zero-order valence-corrected chi connectivity index (χ0v) is 17.2. The smallest absolute Gasteiger partial charge is 0.273 e. The molecule has 1 amide bonds. The van der Waals surface area contributed by atoms with E-state index in [4.69, 9.17) is 23.2 Å². The van der Waals surface area contributed by atoms with Gasteiger partial charge in [-0.15, -0.1) is 21.5 Å². The molecule has 0 aliphatic heterocycles. The minimum absolute atomic E-state index is 0.270. The number of hydrogen-bond acceptors (Lipinski definition) is 6. The van der Waals surface area contributed by atoms with Crippen LogP contribution in [-0.2, 0) is 6.54 Å². The number of rotatable bonds is 4. The Morgan fingerprint density at radius 3 is 2.97 bits per heavy atom. The van der Waals surface area contributed by atoms with E-state index in [1.165, 1.54) is 22.2 Å². The van der Waals surface area contributed by atoms with Gasteiger partial charge in [-0.25, -0.2) is 0 Å². The molecule has 5 aromatic rings. The van der Waals surface area contributed by atoms with Crippen LogP contribution < -0.4 is 5.32 Å². The lowest BCUT2D eigenvalue weighted by Gasteiger charge is -2.06. The number of aromatic amines is 1. The van der Waals surface area contributed by atoms with Crippen LogP contribution in [0.4, 0.5) is 5.95 Å². The molecule has 0 aliphatic rings. The second kappa shape index (κ2) is 6.83. The fraction of sp³-hybridized carbons (Fsp3) is 0.118. The van der Waals surface area contributed by atoms with Gasteiger partial charge in [0.25, 0.3) is 17.6 Å². The number of thiophene rings is 1. The molecule has 5 rings (SSSR count). The first kappa shape index (κ1) is 18.1. The average molecular weight is 447 g/mol. The van der Waals surface area contributed by atoms with Crippen molar-refractivity contribution in [3.05, 3.63) is 56.8 Å². The lowest BCUT2D eigenvalue weighted by atomic mass is 10.2. The van der Waals surface area contributed by atoms with E-state index in [1.807, 2.05) is 23.7 Å². The predicted octanol–water partition coefficient (Wildman–Crippen LogP) is 3.78. The molecule has 9 nitrogen and oxygen atoms in total. The van der Waals surface area contributed by atoms with Gasteiger partial charge in [-0.2, -0.15) is 14.6 Å². The number of anilines is 1. The van der Waals surface area contributed by atoms with E-state index in [2.05, 4.69) is 30.7 Å². The van der Waals surface area contributed by atoms with Crippen LogP contribution in [0, 0.1) is 6.92 Å². The summed E-state index contributed by atoms with van der Waals surface area (Å²) < 4.78 is 3.33. The molecule has 0 fully saturated rings. The molecule has 29 heavy (non-hydrogen) atoms. The maximum absolute atomic E-state index is 12.7. The monoisotopic (exact) mass is 446 g/mol. The summed E-state index contributed by atoms with van der Waals surface area (Å²) in [5.74, 6) is 0.361. The highest BCUT2D eigenvalue weighted by atomic mass is 35.5. The van der Waals surface area contributed by atoms with Crippen LogP contribution in [0.5, 0.6) is 0 Å². The van der Waals surface area contributed by atoms with E-state index < -0.39 is 0 Å². The molecular weight excluding hydrogens is 435 g/mol. The van der Waals surface area contributed by atoms with E-state index in [9.17, 15) is 4.79 Å². The number of benzene rings is 1. The number of nitrogens with one attached hydrogen (secondary N) is 2. The van der Waals surface area contributed by atoms with Crippen molar-refractivity contribution in [1.29, 1.82) is 0 Å². The van der Waals surface area contributed by atoms with Crippen molar-refractivity contribution in [2.24, 2.45) is 0 Å². The van der Waals surface area contributed by atoms with Gasteiger partial charge in [0.1, 0.15) is 11.2 Å². The number of carbonyl (C=O) groups excluding carboxylic acids is 1. The summed E-state index contributed by atoms with van der Waals surface area (Å²) in [7, 11) is 0. The Bertz CT molecular complexity index is 1380. The third-order valence-corrected chi connectivity index (χ3v) is 6.14. The fourth-order valence-corrected chi connectivity index (χ4v) is 4.53. The van der Waals surface area contributed by atoms with Gasteiger partial charge in [-0.1, -0.05) is 29.3 Å². The van der Waals surface area contributed by atoms with E-state index in [0.29, 0.717) is 27.2 Å². The maximum Gasteiger partial charge on any atom is 0.273 e. The topological polar surface area (TPSA) is 106 Å². The number of H-pyrrole nitrogens is 1. The van der Waals surface area contributed by atoms with Crippen LogP contribution in [0.1, 0.15) is 20.9 Å². The van der Waals surface area contributed by atoms with E-state index in [0.717, 1.165) is 21.5 Å². The number of hydrogen-bond donors (Lipinski definition) is 2. The molecule has 12 heteroatoms. The number of aryl methyl sites for hydroxylation is 1. The molecule has 146 valence electrons. The SMILES string of the molecule is Cc1nn(Cc2ccc(Cl)cc2Cl)c2sc(C(=O)Nc3nnc4nc[nH]n34)cc12. The average Bonchev–Trinajstić information content (AvgIpc) is 3.42. The Morgan fingerprint density at radius 2 is 2.14 bits per heavy atom. The zero-order valence-electron chi connectivity index (χ0n) is 14.8. The van der Waals surface area contributed by atoms with Crippen molar-refractivity contribution in [2.75, 3.05) is 5.32 Å². The third kappa shape index (κ3) is 3.15. The zero-order chi connectivity index (χ0) is 20.1. The predicted molar refractivity (Wildman–Crippen MR) is 111 cm³/mol. The Hall–Kier alpha value is -2.95. The molecule has 0 atom stereocenters. The van der Waals surface area contributed by atoms with Gasteiger partial charge in [0.15, 0.2) is 0 Å². The van der Waals surface area contributed by atoms with Crippen LogP contribution in [0.15, 0.2) is 30.6 Å². The van der Waals surface area contributed by atoms with Crippen LogP contribution >= 0.6 is 34.5 Å². The summed E-state index contributed by atoms with van der Waals surface area (Å²) in [4.78, 5) is 18.1.